The molecule has 1 aromatic heterocycles. The molecule has 0 aromatic carbocycles. The van der Waals surface area contributed by atoms with Crippen LogP contribution in [0.5, 0.6) is 0 Å². The van der Waals surface area contributed by atoms with Crippen LogP contribution in [0, 0.1) is 0 Å². The van der Waals surface area contributed by atoms with Gasteiger partial charge in [-0.3, -0.25) is 14.6 Å². The van der Waals surface area contributed by atoms with Crippen molar-refractivity contribution in [2.75, 3.05) is 5.75 Å². The fourth-order valence-corrected chi connectivity index (χ4v) is 2.38. The van der Waals surface area contributed by atoms with Gasteiger partial charge < -0.3 is 15.1 Å². The Morgan fingerprint density at radius 3 is 3.21 bits per heavy atom. The van der Waals surface area contributed by atoms with Gasteiger partial charge >= 0.3 is 0 Å². The first-order valence-corrected chi connectivity index (χ1v) is 6.91. The van der Waals surface area contributed by atoms with Crippen LogP contribution in [-0.4, -0.2) is 28.8 Å². The molecule has 1 atom stereocenters. The minimum atomic E-state index is -0.128. The molecule has 0 fully saturated rings. The monoisotopic (exact) mass is 281 g/mol. The molecule has 0 aliphatic carbocycles. The van der Waals surface area contributed by atoms with E-state index in [9.17, 15) is 9.59 Å². The van der Waals surface area contributed by atoms with Gasteiger partial charge in [0.05, 0.1) is 24.6 Å². The number of carbonyl (C=O) groups excluding carboxylic acids is 2. The molecule has 7 heteroatoms. The number of amides is 2. The maximum atomic E-state index is 11.6. The Bertz CT molecular complexity index is 484. The second-order valence-corrected chi connectivity index (χ2v) is 5.14. The van der Waals surface area contributed by atoms with Gasteiger partial charge in [0.25, 0.3) is 0 Å². The van der Waals surface area contributed by atoms with Crippen molar-refractivity contribution in [3.8, 4) is 0 Å². The first-order chi connectivity index (χ1) is 9.13. The highest BCUT2D eigenvalue weighted by molar-refractivity contribution is 8.14. The molecule has 19 heavy (non-hydrogen) atoms. The molecule has 0 saturated carbocycles. The van der Waals surface area contributed by atoms with Gasteiger partial charge in [-0.05, 0) is 19.1 Å². The first-order valence-electron chi connectivity index (χ1n) is 5.93. The molecule has 0 spiro atoms. The molecule has 2 rings (SSSR count). The highest BCUT2D eigenvalue weighted by atomic mass is 32.2. The summed E-state index contributed by atoms with van der Waals surface area (Å²) in [5.41, 5.74) is 0. The summed E-state index contributed by atoms with van der Waals surface area (Å²) in [6.45, 7) is 2.23. The van der Waals surface area contributed by atoms with Crippen LogP contribution in [0.2, 0.25) is 0 Å². The van der Waals surface area contributed by atoms with Crippen LogP contribution >= 0.6 is 11.8 Å². The van der Waals surface area contributed by atoms with Crippen LogP contribution in [0.1, 0.15) is 19.1 Å². The summed E-state index contributed by atoms with van der Waals surface area (Å²) in [5, 5.41) is 5.88. The summed E-state index contributed by atoms with van der Waals surface area (Å²) < 4.78 is 5.10. The smallest absolute Gasteiger partial charge is 0.230 e. The summed E-state index contributed by atoms with van der Waals surface area (Å²) in [6.07, 6.45) is 1.96. The zero-order chi connectivity index (χ0) is 13.7. The second-order valence-electron chi connectivity index (χ2n) is 4.18. The van der Waals surface area contributed by atoms with Crippen molar-refractivity contribution in [2.45, 2.75) is 25.9 Å². The van der Waals surface area contributed by atoms with Crippen LogP contribution in [0.15, 0.2) is 27.8 Å². The lowest BCUT2D eigenvalue weighted by Crippen LogP contribution is -2.37. The molecular weight excluding hydrogens is 266 g/mol. The van der Waals surface area contributed by atoms with Gasteiger partial charge in [0.1, 0.15) is 5.76 Å². The van der Waals surface area contributed by atoms with Crippen LogP contribution in [0.3, 0.4) is 0 Å². The minimum Gasteiger partial charge on any atom is -0.467 e. The number of hydrogen-bond acceptors (Lipinski definition) is 5. The van der Waals surface area contributed by atoms with Crippen molar-refractivity contribution in [2.24, 2.45) is 4.99 Å². The number of carbonyl (C=O) groups is 2. The molecule has 1 aliphatic heterocycles. The Balaban J connectivity index is 1.73. The zero-order valence-corrected chi connectivity index (χ0v) is 11.3. The second kappa shape index (κ2) is 6.42. The number of hydrogen-bond donors (Lipinski definition) is 2. The lowest BCUT2D eigenvalue weighted by atomic mass is 10.2. The topological polar surface area (TPSA) is 83.7 Å². The maximum absolute atomic E-state index is 11.6. The summed E-state index contributed by atoms with van der Waals surface area (Å²) in [4.78, 5) is 27.2. The van der Waals surface area contributed by atoms with E-state index in [1.165, 1.54) is 11.8 Å². The van der Waals surface area contributed by atoms with Gasteiger partial charge in [0.2, 0.25) is 11.8 Å². The number of thioether (sulfide) groups is 1. The highest BCUT2D eigenvalue weighted by Crippen LogP contribution is 2.10. The predicted molar refractivity (Wildman–Crippen MR) is 72.7 cm³/mol. The van der Waals surface area contributed by atoms with Crippen LogP contribution in [0.4, 0.5) is 0 Å². The van der Waals surface area contributed by atoms with Gasteiger partial charge in [-0.2, -0.15) is 0 Å². The predicted octanol–water partition coefficient (Wildman–Crippen LogP) is 0.893. The number of rotatable bonds is 4. The summed E-state index contributed by atoms with van der Waals surface area (Å²) in [7, 11) is 0. The fraction of sp³-hybridized carbons (Fsp3) is 0.417. The van der Waals surface area contributed by atoms with Crippen molar-refractivity contribution < 1.29 is 14.0 Å². The number of furan rings is 1. The lowest BCUT2D eigenvalue weighted by molar-refractivity contribution is -0.120. The Labute approximate surface area is 115 Å². The summed E-state index contributed by atoms with van der Waals surface area (Å²) >= 11 is 1.23. The van der Waals surface area contributed by atoms with Crippen LogP contribution in [0.25, 0.3) is 0 Å². The lowest BCUT2D eigenvalue weighted by Gasteiger charge is -2.16. The Kier molecular flexibility index (Phi) is 4.62. The molecule has 1 aliphatic rings. The van der Waals surface area contributed by atoms with Crippen LogP contribution in [-0.2, 0) is 16.1 Å². The minimum absolute atomic E-state index is 0.0255. The summed E-state index contributed by atoms with van der Waals surface area (Å²) in [5.74, 6) is 0.736. The molecule has 102 valence electrons. The first kappa shape index (κ1) is 13.7. The third kappa shape index (κ3) is 4.44. The van der Waals surface area contributed by atoms with Crippen molar-refractivity contribution in [1.29, 1.82) is 0 Å². The third-order valence-corrected chi connectivity index (χ3v) is 3.33. The zero-order valence-electron chi connectivity index (χ0n) is 10.5. The number of nitrogens with zero attached hydrogens (tertiary/aromatic N) is 1. The molecule has 0 radical (unpaired) electrons. The van der Waals surface area contributed by atoms with Crippen molar-refractivity contribution in [1.82, 2.24) is 10.6 Å². The quantitative estimate of drug-likeness (QED) is 0.858. The average Bonchev–Trinajstić information content (AvgIpc) is 2.86. The van der Waals surface area contributed by atoms with E-state index < -0.39 is 0 Å². The third-order valence-electron chi connectivity index (χ3n) is 2.44. The molecule has 2 amide bonds. The molecule has 2 heterocycles. The van der Waals surface area contributed by atoms with Gasteiger partial charge in [0.15, 0.2) is 5.17 Å². The SMILES string of the molecule is C[C@@H]1CC(=O)NC(SCC(=O)NCc2ccco2)=N1. The van der Waals surface area contributed by atoms with E-state index in [1.54, 1.807) is 18.4 Å². The van der Waals surface area contributed by atoms with Crippen LogP contribution < -0.4 is 10.6 Å². The normalized spacial score (nSPS) is 18.7. The van der Waals surface area contributed by atoms with Crippen molar-refractivity contribution in [3.63, 3.8) is 0 Å². The van der Waals surface area contributed by atoms with E-state index >= 15 is 0 Å². The van der Waals surface area contributed by atoms with Crippen molar-refractivity contribution >= 4 is 28.7 Å². The standard InChI is InChI=1S/C12H15N3O3S/c1-8-5-10(16)15-12(14-8)19-7-11(17)13-6-9-3-2-4-18-9/h2-4,8H,5-7H2,1H3,(H,13,17)(H,14,15,16)/t8-/m1/s1. The molecule has 0 unspecified atom stereocenters. The van der Waals surface area contributed by atoms with E-state index in [-0.39, 0.29) is 23.6 Å². The van der Waals surface area contributed by atoms with E-state index in [0.29, 0.717) is 23.9 Å². The number of nitrogens with one attached hydrogen (secondary N) is 2. The van der Waals surface area contributed by atoms with Gasteiger partial charge in [0, 0.05) is 6.42 Å². The molecule has 1 aromatic rings. The maximum Gasteiger partial charge on any atom is 0.230 e. The molecule has 6 nitrogen and oxygen atoms in total. The van der Waals surface area contributed by atoms with E-state index in [1.807, 2.05) is 6.92 Å². The molecule has 0 saturated heterocycles. The van der Waals surface area contributed by atoms with Gasteiger partial charge in [-0.1, -0.05) is 11.8 Å². The van der Waals surface area contributed by atoms with Crippen molar-refractivity contribution in [3.05, 3.63) is 24.2 Å². The Hall–Kier alpha value is -1.76. The largest absolute Gasteiger partial charge is 0.467 e. The van der Waals surface area contributed by atoms with E-state index in [2.05, 4.69) is 15.6 Å². The number of aliphatic imine (C=N–C) groups is 1. The van der Waals surface area contributed by atoms with E-state index in [4.69, 9.17) is 4.42 Å². The van der Waals surface area contributed by atoms with Gasteiger partial charge in [-0.15, -0.1) is 0 Å². The molecule has 2 N–H and O–H groups in total. The number of amidine groups is 1. The average molecular weight is 281 g/mol. The molecular formula is C12H15N3O3S. The fourth-order valence-electron chi connectivity index (χ4n) is 1.57. The van der Waals surface area contributed by atoms with Gasteiger partial charge in [-0.25, -0.2) is 0 Å². The Morgan fingerprint density at radius 2 is 2.53 bits per heavy atom. The summed E-state index contributed by atoms with van der Waals surface area (Å²) in [6, 6.07) is 3.53. The van der Waals surface area contributed by atoms with E-state index in [0.717, 1.165) is 0 Å². The Morgan fingerprint density at radius 1 is 1.68 bits per heavy atom. The highest BCUT2D eigenvalue weighted by Gasteiger charge is 2.18. The molecule has 0 bridgehead atoms.